The van der Waals surface area contributed by atoms with Crippen molar-refractivity contribution in [2.45, 2.75) is 0 Å². The molecule has 6 heavy (non-hydrogen) atoms. The van der Waals surface area contributed by atoms with Gasteiger partial charge in [-0.25, -0.2) is 0 Å². The molecule has 0 spiro atoms. The third-order valence-electron chi connectivity index (χ3n) is 0. The van der Waals surface area contributed by atoms with Gasteiger partial charge in [0.05, 0.1) is 0 Å². The predicted octanol–water partition coefficient (Wildman–Crippen LogP) is -3.14. The van der Waals surface area contributed by atoms with Crippen molar-refractivity contribution < 1.29 is 24.8 Å². The van der Waals surface area contributed by atoms with Crippen molar-refractivity contribution in [1.29, 1.82) is 0 Å². The SMILES string of the molecule is O.O.O.O=S=O. The molecule has 0 unspecified atom stereocenters. The largest absolute Gasteiger partial charge is 0.412 e. The predicted molar refractivity (Wildman–Crippen MR) is 19.8 cm³/mol. The monoisotopic (exact) mass is 118 g/mol. The van der Waals surface area contributed by atoms with Crippen molar-refractivity contribution in [2.24, 2.45) is 0 Å². The molecule has 0 aromatic carbocycles. The van der Waals surface area contributed by atoms with Crippen LogP contribution in [0.5, 0.6) is 0 Å². The first-order chi connectivity index (χ1) is 1.41. The van der Waals surface area contributed by atoms with Gasteiger partial charge in [-0.3, -0.25) is 0 Å². The van der Waals surface area contributed by atoms with Crippen molar-refractivity contribution in [3.8, 4) is 0 Å². The number of rotatable bonds is 0. The van der Waals surface area contributed by atoms with Crippen LogP contribution in [0, 0.1) is 0 Å². The third-order valence-corrected chi connectivity index (χ3v) is 0. The van der Waals surface area contributed by atoms with Crippen LogP contribution >= 0.6 is 0 Å². The minimum absolute atomic E-state index is 0. The molecule has 0 fully saturated rings. The smallest absolute Gasteiger partial charge is 0.335 e. The summed E-state index contributed by atoms with van der Waals surface area (Å²) in [6.45, 7) is 0. The fourth-order valence-electron chi connectivity index (χ4n) is 0. The summed E-state index contributed by atoms with van der Waals surface area (Å²) in [7, 11) is 0. The van der Waals surface area contributed by atoms with Gasteiger partial charge in [0.15, 0.2) is 0 Å². The summed E-state index contributed by atoms with van der Waals surface area (Å²) in [6.07, 6.45) is 0. The summed E-state index contributed by atoms with van der Waals surface area (Å²) in [4.78, 5) is 0. The lowest BCUT2D eigenvalue weighted by atomic mass is 15.9. The van der Waals surface area contributed by atoms with Crippen molar-refractivity contribution in [2.75, 3.05) is 0 Å². The molecule has 0 aromatic heterocycles. The van der Waals surface area contributed by atoms with Gasteiger partial charge in [-0.2, -0.15) is 8.42 Å². The standard InChI is InChI=1S/O2S.3H2O/c1-3-2;;;/h;3*1H2. The van der Waals surface area contributed by atoms with E-state index in [1.54, 1.807) is 0 Å². The maximum atomic E-state index is 8.29. The van der Waals surface area contributed by atoms with Crippen LogP contribution in [-0.2, 0) is 11.6 Å². The molecule has 6 N–H and O–H groups in total. The van der Waals surface area contributed by atoms with Gasteiger partial charge in [0.1, 0.15) is 0 Å². The van der Waals surface area contributed by atoms with Gasteiger partial charge >= 0.3 is 11.6 Å². The Bertz CT molecular complexity index is 24.9. The van der Waals surface area contributed by atoms with Crippen LogP contribution in [0.15, 0.2) is 0 Å². The second-order valence-electron chi connectivity index (χ2n) is 0.0680. The molecular weight excluding hydrogens is 112 g/mol. The van der Waals surface area contributed by atoms with Gasteiger partial charge in [-0.05, 0) is 0 Å². The van der Waals surface area contributed by atoms with E-state index in [1.807, 2.05) is 0 Å². The van der Waals surface area contributed by atoms with Gasteiger partial charge < -0.3 is 16.4 Å². The molecule has 0 heterocycles. The summed E-state index contributed by atoms with van der Waals surface area (Å²) >= 11 is -0.750. The Kier molecular flexibility index (Phi) is 954. The second kappa shape index (κ2) is 131. The van der Waals surface area contributed by atoms with Crippen LogP contribution < -0.4 is 0 Å². The van der Waals surface area contributed by atoms with Crippen LogP contribution in [0.25, 0.3) is 0 Å². The van der Waals surface area contributed by atoms with Crippen molar-refractivity contribution in [3.05, 3.63) is 0 Å². The highest BCUT2D eigenvalue weighted by molar-refractivity contribution is 7.51. The lowest BCUT2D eigenvalue weighted by Crippen LogP contribution is -1.18. The van der Waals surface area contributed by atoms with Crippen molar-refractivity contribution >= 4 is 11.6 Å². The van der Waals surface area contributed by atoms with E-state index in [0.29, 0.717) is 0 Å². The molecule has 0 aromatic rings. The minimum atomic E-state index is -0.750. The Morgan fingerprint density at radius 3 is 0.833 bits per heavy atom. The molecule has 0 aliphatic carbocycles. The normalized spacial score (nSPS) is 2.00. The van der Waals surface area contributed by atoms with Crippen LogP contribution in [0.1, 0.15) is 0 Å². The van der Waals surface area contributed by atoms with E-state index in [1.165, 1.54) is 0 Å². The first-order valence-corrected chi connectivity index (χ1v) is 1.00. The van der Waals surface area contributed by atoms with Gasteiger partial charge in [-0.1, -0.05) is 0 Å². The average Bonchev–Trinajstić information content (AvgIpc) is 0.918. The molecule has 5 nitrogen and oxygen atoms in total. The van der Waals surface area contributed by atoms with Gasteiger partial charge in [0, 0.05) is 0 Å². The lowest BCUT2D eigenvalue weighted by Gasteiger charge is -0.947. The van der Waals surface area contributed by atoms with Crippen LogP contribution in [-0.4, -0.2) is 24.8 Å². The Morgan fingerprint density at radius 2 is 0.833 bits per heavy atom. The third kappa shape index (κ3) is 300. The molecule has 42 valence electrons. The first kappa shape index (κ1) is 43.6. The summed E-state index contributed by atoms with van der Waals surface area (Å²) in [5.74, 6) is 0. The fourth-order valence-corrected chi connectivity index (χ4v) is 0. The molecule has 0 aliphatic rings. The first-order valence-electron chi connectivity index (χ1n) is 0.333. The van der Waals surface area contributed by atoms with Gasteiger partial charge in [0.25, 0.3) is 0 Å². The van der Waals surface area contributed by atoms with Gasteiger partial charge in [-0.15, -0.1) is 0 Å². The van der Waals surface area contributed by atoms with Gasteiger partial charge in [0.2, 0.25) is 0 Å². The topological polar surface area (TPSA) is 129 Å². The number of hydrogen-bond acceptors (Lipinski definition) is 2. The summed E-state index contributed by atoms with van der Waals surface area (Å²) in [5, 5.41) is 0. The van der Waals surface area contributed by atoms with E-state index in [4.69, 9.17) is 8.42 Å². The molecule has 6 heteroatoms. The Hall–Kier alpha value is -0.300. The molecular formula is H6O5S. The van der Waals surface area contributed by atoms with Crippen LogP contribution in [0.3, 0.4) is 0 Å². The van der Waals surface area contributed by atoms with Crippen molar-refractivity contribution in [1.82, 2.24) is 0 Å². The fraction of sp³-hybridized carbons (Fsp3) is 0. The highest BCUT2D eigenvalue weighted by atomic mass is 32.1. The molecule has 0 saturated heterocycles. The van der Waals surface area contributed by atoms with Crippen LogP contribution in [0.4, 0.5) is 0 Å². The molecule has 0 radical (unpaired) electrons. The maximum absolute atomic E-state index is 8.29. The van der Waals surface area contributed by atoms with E-state index < -0.39 is 11.6 Å². The highest BCUT2D eigenvalue weighted by Crippen LogP contribution is 0.846. The molecule has 0 saturated carbocycles. The highest BCUT2D eigenvalue weighted by Gasteiger charge is 1.12. The van der Waals surface area contributed by atoms with E-state index in [2.05, 4.69) is 0 Å². The van der Waals surface area contributed by atoms with E-state index in [9.17, 15) is 0 Å². The Morgan fingerprint density at radius 1 is 0.833 bits per heavy atom. The quantitative estimate of drug-likeness (QED) is 0.332. The summed E-state index contributed by atoms with van der Waals surface area (Å²) in [6, 6.07) is 0. The average molecular weight is 118 g/mol. The second-order valence-corrected chi connectivity index (χ2v) is 0.204. The Balaban J connectivity index is -0.00000000667. The molecule has 0 aliphatic heterocycles. The molecule has 0 bridgehead atoms. The molecule has 0 atom stereocenters. The Labute approximate surface area is 37.5 Å². The zero-order valence-electron chi connectivity index (χ0n) is 2.72. The van der Waals surface area contributed by atoms with Crippen LogP contribution in [0.2, 0.25) is 0 Å². The minimum Gasteiger partial charge on any atom is -0.412 e. The van der Waals surface area contributed by atoms with E-state index in [0.717, 1.165) is 0 Å². The van der Waals surface area contributed by atoms with E-state index in [-0.39, 0.29) is 16.4 Å². The van der Waals surface area contributed by atoms with E-state index >= 15 is 0 Å². The number of hydrogen-bond donors (Lipinski definition) is 0. The molecule has 0 amide bonds. The maximum Gasteiger partial charge on any atom is 0.335 e. The summed E-state index contributed by atoms with van der Waals surface area (Å²) in [5.41, 5.74) is 0. The summed E-state index contributed by atoms with van der Waals surface area (Å²) < 4.78 is 16.6. The zero-order chi connectivity index (χ0) is 2.71. The van der Waals surface area contributed by atoms with Crippen molar-refractivity contribution in [3.63, 3.8) is 0 Å². The molecule has 0 rings (SSSR count). The lowest BCUT2D eigenvalue weighted by molar-refractivity contribution is 0.630. The zero-order valence-corrected chi connectivity index (χ0v) is 3.54.